The van der Waals surface area contributed by atoms with Gasteiger partial charge in [0, 0.05) is 25.3 Å². The number of anilines is 2. The van der Waals surface area contributed by atoms with Crippen LogP contribution in [-0.4, -0.2) is 50.9 Å². The number of thioether (sulfide) groups is 1. The lowest BCUT2D eigenvalue weighted by Crippen LogP contribution is -2.16. The topological polar surface area (TPSA) is 108 Å². The molecule has 4 aromatic rings. The minimum absolute atomic E-state index is 0.135. The monoisotopic (exact) mass is 448 g/mol. The second-order valence-electron chi connectivity index (χ2n) is 7.22. The van der Waals surface area contributed by atoms with Crippen LogP contribution in [0.3, 0.4) is 0 Å². The average Bonchev–Trinajstić information content (AvgIpc) is 3.22. The van der Waals surface area contributed by atoms with Gasteiger partial charge in [-0.25, -0.2) is 0 Å². The number of hydrogen-bond donors (Lipinski definition) is 1. The zero-order valence-corrected chi connectivity index (χ0v) is 19.1. The van der Waals surface area contributed by atoms with Gasteiger partial charge in [-0.3, -0.25) is 4.57 Å². The minimum atomic E-state index is -0.135. The van der Waals surface area contributed by atoms with E-state index in [1.54, 1.807) is 12.0 Å². The van der Waals surface area contributed by atoms with Crippen molar-refractivity contribution in [2.24, 2.45) is 0 Å². The molecule has 2 aromatic carbocycles. The Morgan fingerprint density at radius 2 is 1.78 bits per heavy atom. The van der Waals surface area contributed by atoms with Crippen LogP contribution in [0.1, 0.15) is 18.0 Å². The van der Waals surface area contributed by atoms with E-state index >= 15 is 0 Å². The van der Waals surface area contributed by atoms with Crippen LogP contribution in [0.5, 0.6) is 5.75 Å². The normalized spacial score (nSPS) is 11.9. The molecule has 0 unspecified atom stereocenters. The number of para-hydroxylation sites is 1. The summed E-state index contributed by atoms with van der Waals surface area (Å²) in [5, 5.41) is 9.57. The fraction of sp³-hybridized carbons (Fsp3) is 0.227. The number of nitrogen functional groups attached to an aromatic ring is 1. The highest BCUT2D eigenvalue weighted by Gasteiger charge is 2.21. The summed E-state index contributed by atoms with van der Waals surface area (Å²) < 4.78 is 7.41. The summed E-state index contributed by atoms with van der Waals surface area (Å²) in [6.45, 7) is 2.01. The van der Waals surface area contributed by atoms with E-state index in [4.69, 9.17) is 10.5 Å². The molecule has 0 aliphatic carbocycles. The van der Waals surface area contributed by atoms with E-state index in [0.717, 1.165) is 17.0 Å². The standard InChI is InChI=1S/C22H24N8OS/c1-14(18-24-20(23)26-21(25-18)29(2)3)32-22-28-27-19(15-9-8-12-17(13-15)31-4)30(22)16-10-6-5-7-11-16/h5-14H,1-4H3,(H2,23,24,25,26)/t14-/m0/s1. The number of nitrogens with two attached hydrogens (primary N) is 1. The molecule has 164 valence electrons. The van der Waals surface area contributed by atoms with E-state index in [2.05, 4.69) is 25.1 Å². The van der Waals surface area contributed by atoms with Crippen molar-refractivity contribution in [1.82, 2.24) is 29.7 Å². The van der Waals surface area contributed by atoms with Crippen molar-refractivity contribution in [3.8, 4) is 22.8 Å². The van der Waals surface area contributed by atoms with Gasteiger partial charge in [0.15, 0.2) is 11.0 Å². The van der Waals surface area contributed by atoms with E-state index in [-0.39, 0.29) is 11.2 Å². The molecule has 1 atom stereocenters. The van der Waals surface area contributed by atoms with Crippen molar-refractivity contribution in [1.29, 1.82) is 0 Å². The quantitative estimate of drug-likeness (QED) is 0.424. The van der Waals surface area contributed by atoms with Gasteiger partial charge in [-0.15, -0.1) is 10.2 Å². The number of rotatable bonds is 7. The molecule has 0 amide bonds. The zero-order valence-electron chi connectivity index (χ0n) is 18.3. The summed E-state index contributed by atoms with van der Waals surface area (Å²) >= 11 is 1.50. The molecule has 0 saturated heterocycles. The average molecular weight is 449 g/mol. The van der Waals surface area contributed by atoms with Crippen LogP contribution in [0.2, 0.25) is 0 Å². The van der Waals surface area contributed by atoms with Crippen LogP contribution in [0.15, 0.2) is 59.8 Å². The van der Waals surface area contributed by atoms with Crippen LogP contribution in [0.25, 0.3) is 17.1 Å². The molecule has 0 aliphatic heterocycles. The molecule has 0 aliphatic rings. The van der Waals surface area contributed by atoms with E-state index < -0.39 is 0 Å². The van der Waals surface area contributed by atoms with E-state index in [1.165, 1.54) is 11.8 Å². The molecule has 0 bridgehead atoms. The highest BCUT2D eigenvalue weighted by molar-refractivity contribution is 7.99. The van der Waals surface area contributed by atoms with Crippen molar-refractivity contribution in [2.45, 2.75) is 17.3 Å². The summed E-state index contributed by atoms with van der Waals surface area (Å²) in [5.74, 6) is 2.75. The Bertz CT molecular complexity index is 1210. The van der Waals surface area contributed by atoms with Gasteiger partial charge in [0.1, 0.15) is 11.6 Å². The molecule has 0 fully saturated rings. The molecule has 10 heteroatoms. The SMILES string of the molecule is COc1cccc(-c2nnc(S[C@@H](C)c3nc(N)nc(N(C)C)n3)n2-c2ccccc2)c1. The first-order valence-corrected chi connectivity index (χ1v) is 10.8. The lowest BCUT2D eigenvalue weighted by Gasteiger charge is -2.15. The van der Waals surface area contributed by atoms with Gasteiger partial charge in [-0.2, -0.15) is 15.0 Å². The van der Waals surface area contributed by atoms with Gasteiger partial charge < -0.3 is 15.4 Å². The predicted molar refractivity (Wildman–Crippen MR) is 126 cm³/mol. The largest absolute Gasteiger partial charge is 0.497 e. The maximum absolute atomic E-state index is 5.91. The second kappa shape index (κ2) is 9.23. The molecule has 2 heterocycles. The first-order valence-electron chi connectivity index (χ1n) is 9.97. The second-order valence-corrected chi connectivity index (χ2v) is 8.52. The van der Waals surface area contributed by atoms with Crippen molar-refractivity contribution in [2.75, 3.05) is 31.8 Å². The lowest BCUT2D eigenvalue weighted by atomic mass is 10.2. The third kappa shape index (κ3) is 4.50. The minimum Gasteiger partial charge on any atom is -0.497 e. The van der Waals surface area contributed by atoms with Crippen LogP contribution in [0, 0.1) is 0 Å². The van der Waals surface area contributed by atoms with Crippen molar-refractivity contribution in [3.05, 3.63) is 60.4 Å². The number of nitrogens with zero attached hydrogens (tertiary/aromatic N) is 7. The van der Waals surface area contributed by atoms with Crippen LogP contribution in [-0.2, 0) is 0 Å². The van der Waals surface area contributed by atoms with Gasteiger partial charge >= 0.3 is 0 Å². The number of aromatic nitrogens is 6. The highest BCUT2D eigenvalue weighted by Crippen LogP contribution is 2.36. The van der Waals surface area contributed by atoms with Gasteiger partial charge in [0.2, 0.25) is 11.9 Å². The fourth-order valence-electron chi connectivity index (χ4n) is 3.10. The van der Waals surface area contributed by atoms with Crippen molar-refractivity contribution in [3.63, 3.8) is 0 Å². The summed E-state index contributed by atoms with van der Waals surface area (Å²) in [4.78, 5) is 14.9. The molecule has 0 saturated carbocycles. The predicted octanol–water partition coefficient (Wildman–Crippen LogP) is 3.63. The molecule has 32 heavy (non-hydrogen) atoms. The maximum Gasteiger partial charge on any atom is 0.229 e. The molecular weight excluding hydrogens is 424 g/mol. The Labute approximate surface area is 190 Å². The molecular formula is C22H24N8OS. The summed E-state index contributed by atoms with van der Waals surface area (Å²) in [6, 6.07) is 17.8. The Morgan fingerprint density at radius 3 is 2.50 bits per heavy atom. The van der Waals surface area contributed by atoms with Crippen molar-refractivity contribution >= 4 is 23.7 Å². The summed E-state index contributed by atoms with van der Waals surface area (Å²) in [5.41, 5.74) is 7.77. The van der Waals surface area contributed by atoms with Gasteiger partial charge in [-0.05, 0) is 31.2 Å². The smallest absolute Gasteiger partial charge is 0.229 e. The van der Waals surface area contributed by atoms with E-state index in [1.807, 2.05) is 80.2 Å². The summed E-state index contributed by atoms with van der Waals surface area (Å²) in [6.07, 6.45) is 0. The fourth-order valence-corrected chi connectivity index (χ4v) is 4.01. The van der Waals surface area contributed by atoms with Gasteiger partial charge in [-0.1, -0.05) is 42.1 Å². The number of hydrogen-bond acceptors (Lipinski definition) is 9. The van der Waals surface area contributed by atoms with Crippen LogP contribution in [0.4, 0.5) is 11.9 Å². The highest BCUT2D eigenvalue weighted by atomic mass is 32.2. The van der Waals surface area contributed by atoms with Crippen LogP contribution >= 0.6 is 11.8 Å². The molecule has 2 aromatic heterocycles. The first kappa shape index (κ1) is 21.6. The Hall–Kier alpha value is -3.66. The summed E-state index contributed by atoms with van der Waals surface area (Å²) in [7, 11) is 5.37. The lowest BCUT2D eigenvalue weighted by molar-refractivity contribution is 0.415. The first-order chi connectivity index (χ1) is 15.5. The Balaban J connectivity index is 1.76. The molecule has 0 radical (unpaired) electrons. The number of benzene rings is 2. The van der Waals surface area contributed by atoms with Crippen LogP contribution < -0.4 is 15.4 Å². The maximum atomic E-state index is 5.91. The third-order valence-corrected chi connectivity index (χ3v) is 5.72. The van der Waals surface area contributed by atoms with Gasteiger partial charge in [0.05, 0.1) is 12.4 Å². The zero-order chi connectivity index (χ0) is 22.7. The third-order valence-electron chi connectivity index (χ3n) is 4.68. The molecule has 4 rings (SSSR count). The number of ether oxygens (including phenoxy) is 1. The Morgan fingerprint density at radius 1 is 1.00 bits per heavy atom. The van der Waals surface area contributed by atoms with Gasteiger partial charge in [0.25, 0.3) is 0 Å². The molecule has 9 nitrogen and oxygen atoms in total. The van der Waals surface area contributed by atoms with Crippen molar-refractivity contribution < 1.29 is 4.74 Å². The van der Waals surface area contributed by atoms with E-state index in [0.29, 0.717) is 22.8 Å². The molecule has 0 spiro atoms. The Kier molecular flexibility index (Phi) is 6.22. The number of methoxy groups -OCH3 is 1. The molecule has 2 N–H and O–H groups in total. The van der Waals surface area contributed by atoms with E-state index in [9.17, 15) is 0 Å².